The first-order valence-corrected chi connectivity index (χ1v) is 13.0. The second-order valence-electron chi connectivity index (χ2n) is 9.99. The third-order valence-electron chi connectivity index (χ3n) is 7.21. The second-order valence-corrected chi connectivity index (χ2v) is 9.99. The van der Waals surface area contributed by atoms with Crippen LogP contribution in [0.4, 0.5) is 21.9 Å². The average molecular weight is 494 g/mol. The minimum absolute atomic E-state index is 0.116. The molecular weight excluding hydrogens is 454 g/mol. The van der Waals surface area contributed by atoms with Crippen LogP contribution in [0, 0.1) is 19.8 Å². The van der Waals surface area contributed by atoms with Gasteiger partial charge in [0, 0.05) is 56.3 Å². The smallest absolute Gasteiger partial charge is 0.323 e. The van der Waals surface area contributed by atoms with Gasteiger partial charge in [0.15, 0.2) is 0 Å². The lowest BCUT2D eigenvalue weighted by Crippen LogP contribution is -2.41. The fourth-order valence-corrected chi connectivity index (χ4v) is 4.68. The van der Waals surface area contributed by atoms with E-state index in [0.717, 1.165) is 75.7 Å². The Bertz CT molecular complexity index is 1060. The molecular formula is C28H39N5O3. The average Bonchev–Trinajstić information content (AvgIpc) is 2.87. The van der Waals surface area contributed by atoms with Crippen molar-refractivity contribution >= 4 is 29.0 Å². The maximum Gasteiger partial charge on any atom is 0.323 e. The number of hydrogen-bond acceptors (Lipinski definition) is 5. The summed E-state index contributed by atoms with van der Waals surface area (Å²) in [7, 11) is 0. The molecule has 0 unspecified atom stereocenters. The van der Waals surface area contributed by atoms with E-state index in [4.69, 9.17) is 4.74 Å². The maximum atomic E-state index is 13.3. The zero-order valence-electron chi connectivity index (χ0n) is 21.7. The molecule has 2 aromatic rings. The number of benzene rings is 2. The van der Waals surface area contributed by atoms with Crippen LogP contribution in [-0.2, 0) is 4.74 Å². The molecule has 2 heterocycles. The van der Waals surface area contributed by atoms with Crippen molar-refractivity contribution in [1.82, 2.24) is 10.2 Å². The van der Waals surface area contributed by atoms with Gasteiger partial charge in [-0.3, -0.25) is 9.69 Å². The van der Waals surface area contributed by atoms with Crippen LogP contribution in [0.5, 0.6) is 0 Å². The van der Waals surface area contributed by atoms with E-state index in [0.29, 0.717) is 23.7 Å². The van der Waals surface area contributed by atoms with Crippen molar-refractivity contribution in [2.45, 2.75) is 33.6 Å². The van der Waals surface area contributed by atoms with Gasteiger partial charge in [-0.15, -0.1) is 0 Å². The standard InChI is InChI=1S/C28H39N5O3/c1-20-8-11-33(12-9-20)26-7-6-24(31-28(35)30-23-5-4-21(2)22(3)18-23)19-25(26)27(34)29-10-13-32-14-16-36-17-15-32/h4-7,18-20H,8-17H2,1-3H3,(H,29,34)(H2,30,31,35). The number of anilines is 3. The van der Waals surface area contributed by atoms with Crippen LogP contribution >= 0.6 is 0 Å². The summed E-state index contributed by atoms with van der Waals surface area (Å²) in [5.41, 5.74) is 5.12. The van der Waals surface area contributed by atoms with Gasteiger partial charge < -0.3 is 25.6 Å². The van der Waals surface area contributed by atoms with Crippen molar-refractivity contribution in [3.05, 3.63) is 53.1 Å². The van der Waals surface area contributed by atoms with E-state index in [9.17, 15) is 9.59 Å². The highest BCUT2D eigenvalue weighted by Gasteiger charge is 2.22. The molecule has 36 heavy (non-hydrogen) atoms. The Kier molecular flexibility index (Phi) is 8.83. The predicted molar refractivity (Wildman–Crippen MR) is 145 cm³/mol. The number of nitrogens with one attached hydrogen (secondary N) is 3. The molecule has 2 fully saturated rings. The van der Waals surface area contributed by atoms with Crippen molar-refractivity contribution in [1.29, 1.82) is 0 Å². The van der Waals surface area contributed by atoms with Crippen LogP contribution in [0.1, 0.15) is 41.3 Å². The number of hydrogen-bond donors (Lipinski definition) is 3. The first kappa shape index (κ1) is 26.0. The van der Waals surface area contributed by atoms with Crippen LogP contribution in [0.15, 0.2) is 36.4 Å². The summed E-state index contributed by atoms with van der Waals surface area (Å²) in [5, 5.41) is 8.87. The van der Waals surface area contributed by atoms with Crippen LogP contribution in [0.25, 0.3) is 0 Å². The number of urea groups is 1. The summed E-state index contributed by atoms with van der Waals surface area (Å²) < 4.78 is 5.41. The Balaban J connectivity index is 1.45. The van der Waals surface area contributed by atoms with Gasteiger partial charge >= 0.3 is 6.03 Å². The number of amides is 3. The summed E-state index contributed by atoms with van der Waals surface area (Å²) >= 11 is 0. The van der Waals surface area contributed by atoms with Crippen LogP contribution in [0.3, 0.4) is 0 Å². The predicted octanol–water partition coefficient (Wildman–Crippen LogP) is 4.25. The second kappa shape index (κ2) is 12.2. The fourth-order valence-electron chi connectivity index (χ4n) is 4.68. The van der Waals surface area contributed by atoms with Gasteiger partial charge in [-0.2, -0.15) is 0 Å². The van der Waals surface area contributed by atoms with E-state index in [1.54, 1.807) is 6.07 Å². The third-order valence-corrected chi connectivity index (χ3v) is 7.21. The maximum absolute atomic E-state index is 13.3. The van der Waals surface area contributed by atoms with Crippen LogP contribution in [-0.4, -0.2) is 69.3 Å². The minimum atomic E-state index is -0.337. The SMILES string of the molecule is Cc1ccc(NC(=O)Nc2ccc(N3CCC(C)CC3)c(C(=O)NCCN3CCOCC3)c2)cc1C. The van der Waals surface area contributed by atoms with E-state index in [-0.39, 0.29) is 11.9 Å². The highest BCUT2D eigenvalue weighted by molar-refractivity contribution is 6.04. The summed E-state index contributed by atoms with van der Waals surface area (Å²) in [4.78, 5) is 30.6. The van der Waals surface area contributed by atoms with Crippen molar-refractivity contribution in [2.24, 2.45) is 5.92 Å². The Morgan fingerprint density at radius 3 is 2.28 bits per heavy atom. The molecule has 3 N–H and O–H groups in total. The molecule has 2 saturated heterocycles. The molecule has 2 aliphatic rings. The largest absolute Gasteiger partial charge is 0.379 e. The number of piperidine rings is 1. The Labute approximate surface area is 214 Å². The molecule has 3 amide bonds. The Hall–Kier alpha value is -3.10. The van der Waals surface area contributed by atoms with Crippen molar-refractivity contribution in [2.75, 3.05) is 68.0 Å². The molecule has 0 aliphatic carbocycles. The van der Waals surface area contributed by atoms with E-state index in [1.165, 1.54) is 5.56 Å². The molecule has 2 aliphatic heterocycles. The van der Waals surface area contributed by atoms with Crippen LogP contribution < -0.4 is 20.9 Å². The minimum Gasteiger partial charge on any atom is -0.379 e. The zero-order chi connectivity index (χ0) is 25.5. The first-order chi connectivity index (χ1) is 17.4. The molecule has 0 atom stereocenters. The lowest BCUT2D eigenvalue weighted by atomic mass is 9.98. The van der Waals surface area contributed by atoms with Gasteiger partial charge in [0.05, 0.1) is 18.8 Å². The fraction of sp³-hybridized carbons (Fsp3) is 0.500. The third kappa shape index (κ3) is 6.98. The van der Waals surface area contributed by atoms with Gasteiger partial charge in [-0.1, -0.05) is 13.0 Å². The van der Waals surface area contributed by atoms with Gasteiger partial charge in [0.2, 0.25) is 0 Å². The Morgan fingerprint density at radius 1 is 0.917 bits per heavy atom. The van der Waals surface area contributed by atoms with Crippen molar-refractivity contribution in [3.8, 4) is 0 Å². The summed E-state index contributed by atoms with van der Waals surface area (Å²) in [6, 6.07) is 11.1. The van der Waals surface area contributed by atoms with Gasteiger partial charge in [0.25, 0.3) is 5.91 Å². The van der Waals surface area contributed by atoms with Crippen molar-refractivity contribution < 1.29 is 14.3 Å². The topological polar surface area (TPSA) is 85.9 Å². The Morgan fingerprint density at radius 2 is 1.58 bits per heavy atom. The zero-order valence-corrected chi connectivity index (χ0v) is 21.7. The van der Waals surface area contributed by atoms with E-state index >= 15 is 0 Å². The van der Waals surface area contributed by atoms with Crippen LogP contribution in [0.2, 0.25) is 0 Å². The number of rotatable bonds is 7. The number of carbonyl (C=O) groups excluding carboxylic acids is 2. The summed E-state index contributed by atoms with van der Waals surface area (Å²) in [5.74, 6) is 0.581. The number of nitrogens with zero attached hydrogens (tertiary/aromatic N) is 2. The monoisotopic (exact) mass is 493 g/mol. The van der Waals surface area contributed by atoms with E-state index in [1.807, 2.05) is 44.2 Å². The summed E-state index contributed by atoms with van der Waals surface area (Å²) in [6.07, 6.45) is 2.22. The van der Waals surface area contributed by atoms with Gasteiger partial charge in [-0.25, -0.2) is 4.79 Å². The lowest BCUT2D eigenvalue weighted by molar-refractivity contribution is 0.0383. The molecule has 194 valence electrons. The molecule has 8 heteroatoms. The number of ether oxygens (including phenoxy) is 1. The molecule has 2 aromatic carbocycles. The molecule has 4 rings (SSSR count). The first-order valence-electron chi connectivity index (χ1n) is 13.0. The highest BCUT2D eigenvalue weighted by atomic mass is 16.5. The molecule has 8 nitrogen and oxygen atoms in total. The van der Waals surface area contributed by atoms with E-state index < -0.39 is 0 Å². The number of aryl methyl sites for hydroxylation is 2. The highest BCUT2D eigenvalue weighted by Crippen LogP contribution is 2.29. The molecule has 0 aromatic heterocycles. The van der Waals surface area contributed by atoms with E-state index in [2.05, 4.69) is 32.7 Å². The lowest BCUT2D eigenvalue weighted by Gasteiger charge is -2.33. The quantitative estimate of drug-likeness (QED) is 0.537. The van der Waals surface area contributed by atoms with Gasteiger partial charge in [-0.05, 0) is 74.1 Å². The molecule has 0 saturated carbocycles. The summed E-state index contributed by atoms with van der Waals surface area (Å²) in [6.45, 7) is 12.8. The molecule has 0 radical (unpaired) electrons. The van der Waals surface area contributed by atoms with Crippen molar-refractivity contribution in [3.63, 3.8) is 0 Å². The number of morpholine rings is 1. The molecule has 0 spiro atoms. The van der Waals surface area contributed by atoms with Gasteiger partial charge in [0.1, 0.15) is 0 Å². The number of carbonyl (C=O) groups is 2. The normalized spacial score (nSPS) is 17.0. The molecule has 0 bridgehead atoms.